The molecule has 3 unspecified atom stereocenters. The van der Waals surface area contributed by atoms with E-state index in [1.165, 1.54) is 12.8 Å². The first-order valence-corrected chi connectivity index (χ1v) is 9.56. The molecule has 25 heavy (non-hydrogen) atoms. The van der Waals surface area contributed by atoms with Crippen LogP contribution in [0.15, 0.2) is 24.3 Å². The average Bonchev–Trinajstić information content (AvgIpc) is 2.91. The summed E-state index contributed by atoms with van der Waals surface area (Å²) in [7, 11) is -0.312. The molecule has 1 aromatic carbocycles. The van der Waals surface area contributed by atoms with E-state index < -0.39 is 0 Å². The molecule has 4 rings (SSSR count). The number of rotatable bonds is 3. The molecule has 136 valence electrons. The zero-order valence-electron chi connectivity index (χ0n) is 16.1. The van der Waals surface area contributed by atoms with Gasteiger partial charge in [0, 0.05) is 18.0 Å². The quantitative estimate of drug-likeness (QED) is 0.857. The Morgan fingerprint density at radius 2 is 1.68 bits per heavy atom. The van der Waals surface area contributed by atoms with Crippen molar-refractivity contribution >= 4 is 12.6 Å². The van der Waals surface area contributed by atoms with Crippen molar-refractivity contribution in [2.24, 2.45) is 0 Å². The van der Waals surface area contributed by atoms with E-state index in [-0.39, 0.29) is 23.9 Å². The van der Waals surface area contributed by atoms with Crippen molar-refractivity contribution in [2.45, 2.75) is 89.2 Å². The standard InChI is InChI=1S/C20H30BNO3/c1-18(2)19(3,4)25-21(24-18)14-6-8-16(9-7-14)23-17-12-15-10-11-20(5,13-17)22-15/h6-9,15,17,22H,10-13H2,1-5H3. The van der Waals surface area contributed by atoms with Gasteiger partial charge in [-0.05, 0) is 71.5 Å². The lowest BCUT2D eigenvalue weighted by Crippen LogP contribution is -2.50. The maximum Gasteiger partial charge on any atom is 0.494 e. The Morgan fingerprint density at radius 3 is 2.28 bits per heavy atom. The summed E-state index contributed by atoms with van der Waals surface area (Å²) in [5.41, 5.74) is 0.687. The summed E-state index contributed by atoms with van der Waals surface area (Å²) in [5, 5.41) is 3.73. The van der Waals surface area contributed by atoms with Crippen LogP contribution in [-0.4, -0.2) is 36.0 Å². The van der Waals surface area contributed by atoms with Gasteiger partial charge in [0.1, 0.15) is 11.9 Å². The second-order valence-corrected chi connectivity index (χ2v) is 9.28. The third-order valence-electron chi connectivity index (χ3n) is 6.53. The fourth-order valence-electron chi connectivity index (χ4n) is 4.34. The van der Waals surface area contributed by atoms with Crippen molar-refractivity contribution in [2.75, 3.05) is 0 Å². The minimum absolute atomic E-state index is 0.260. The van der Waals surface area contributed by atoms with Gasteiger partial charge in [-0.2, -0.15) is 0 Å². The number of nitrogens with one attached hydrogen (secondary N) is 1. The van der Waals surface area contributed by atoms with Crippen LogP contribution >= 0.6 is 0 Å². The second-order valence-electron chi connectivity index (χ2n) is 9.28. The van der Waals surface area contributed by atoms with E-state index in [0.717, 1.165) is 24.1 Å². The van der Waals surface area contributed by atoms with Gasteiger partial charge >= 0.3 is 7.12 Å². The lowest BCUT2D eigenvalue weighted by molar-refractivity contribution is 0.00578. The first-order valence-electron chi connectivity index (χ1n) is 9.56. The molecule has 0 radical (unpaired) electrons. The van der Waals surface area contributed by atoms with Crippen molar-refractivity contribution in [3.8, 4) is 5.75 Å². The lowest BCUT2D eigenvalue weighted by Gasteiger charge is -2.36. The molecule has 0 spiro atoms. The largest absolute Gasteiger partial charge is 0.494 e. The minimum atomic E-state index is -0.312. The van der Waals surface area contributed by atoms with E-state index in [1.54, 1.807) is 0 Å². The first-order chi connectivity index (χ1) is 11.7. The highest BCUT2D eigenvalue weighted by Crippen LogP contribution is 2.38. The number of ether oxygens (including phenoxy) is 1. The van der Waals surface area contributed by atoms with E-state index in [9.17, 15) is 0 Å². The second kappa shape index (κ2) is 5.73. The monoisotopic (exact) mass is 343 g/mol. The van der Waals surface area contributed by atoms with E-state index in [1.807, 2.05) is 12.1 Å². The molecule has 0 amide bonds. The zero-order chi connectivity index (χ0) is 17.9. The van der Waals surface area contributed by atoms with E-state index in [4.69, 9.17) is 14.0 Å². The molecule has 3 saturated heterocycles. The van der Waals surface area contributed by atoms with Gasteiger partial charge in [0.15, 0.2) is 0 Å². The Hall–Kier alpha value is -1.04. The van der Waals surface area contributed by atoms with Gasteiger partial charge in [0.2, 0.25) is 0 Å². The van der Waals surface area contributed by atoms with Crippen molar-refractivity contribution in [1.29, 1.82) is 0 Å². The normalized spacial score (nSPS) is 35.8. The summed E-state index contributed by atoms with van der Waals surface area (Å²) in [4.78, 5) is 0. The first kappa shape index (κ1) is 17.4. The zero-order valence-corrected chi connectivity index (χ0v) is 16.1. The van der Waals surface area contributed by atoms with Gasteiger partial charge in [-0.15, -0.1) is 0 Å². The third-order valence-corrected chi connectivity index (χ3v) is 6.53. The Bertz CT molecular complexity index is 629. The fourth-order valence-corrected chi connectivity index (χ4v) is 4.34. The van der Waals surface area contributed by atoms with Gasteiger partial charge < -0.3 is 19.4 Å². The maximum absolute atomic E-state index is 6.28. The van der Waals surface area contributed by atoms with Gasteiger partial charge in [-0.25, -0.2) is 0 Å². The smallest absolute Gasteiger partial charge is 0.490 e. The van der Waals surface area contributed by atoms with Crippen LogP contribution in [0.5, 0.6) is 5.75 Å². The van der Waals surface area contributed by atoms with Gasteiger partial charge in [-0.1, -0.05) is 12.1 Å². The highest BCUT2D eigenvalue weighted by Gasteiger charge is 2.51. The van der Waals surface area contributed by atoms with Crippen LogP contribution in [0.3, 0.4) is 0 Å². The Balaban J connectivity index is 1.41. The molecule has 3 fully saturated rings. The van der Waals surface area contributed by atoms with Crippen molar-refractivity contribution < 1.29 is 14.0 Å². The topological polar surface area (TPSA) is 39.7 Å². The minimum Gasteiger partial charge on any atom is -0.490 e. The summed E-state index contributed by atoms with van der Waals surface area (Å²) in [6.45, 7) is 10.6. The molecule has 0 saturated carbocycles. The summed E-state index contributed by atoms with van der Waals surface area (Å²) >= 11 is 0. The molecular formula is C20H30BNO3. The van der Waals surface area contributed by atoms with E-state index >= 15 is 0 Å². The van der Waals surface area contributed by atoms with Gasteiger partial charge in [-0.3, -0.25) is 0 Å². The van der Waals surface area contributed by atoms with Crippen LogP contribution in [0.2, 0.25) is 0 Å². The lowest BCUT2D eigenvalue weighted by atomic mass is 9.79. The number of hydrogen-bond donors (Lipinski definition) is 1. The predicted molar refractivity (Wildman–Crippen MR) is 100 cm³/mol. The molecule has 1 N–H and O–H groups in total. The van der Waals surface area contributed by atoms with Gasteiger partial charge in [0.05, 0.1) is 11.2 Å². The number of piperidine rings is 1. The van der Waals surface area contributed by atoms with Crippen molar-refractivity contribution in [1.82, 2.24) is 5.32 Å². The number of fused-ring (bicyclic) bond motifs is 2. The van der Waals surface area contributed by atoms with Crippen LogP contribution < -0.4 is 15.5 Å². The average molecular weight is 343 g/mol. The third kappa shape index (κ3) is 3.22. The molecule has 5 heteroatoms. The highest BCUT2D eigenvalue weighted by atomic mass is 16.7. The molecule has 0 aliphatic carbocycles. The molecule has 3 aliphatic heterocycles. The summed E-state index contributed by atoms with van der Waals surface area (Å²) in [6.07, 6.45) is 5.04. The summed E-state index contributed by atoms with van der Waals surface area (Å²) in [5.74, 6) is 0.940. The SMILES string of the molecule is CC12CCC(CC(Oc3ccc(B4OC(C)(C)C(C)(C)O4)cc3)C1)N2. The van der Waals surface area contributed by atoms with E-state index in [2.05, 4.69) is 52.1 Å². The molecule has 3 atom stereocenters. The molecule has 2 bridgehead atoms. The van der Waals surface area contributed by atoms with Crippen LogP contribution in [0.25, 0.3) is 0 Å². The number of benzene rings is 1. The van der Waals surface area contributed by atoms with Crippen LogP contribution in [0, 0.1) is 0 Å². The highest BCUT2D eigenvalue weighted by molar-refractivity contribution is 6.62. The Labute approximate surface area is 151 Å². The summed E-state index contributed by atoms with van der Waals surface area (Å²) in [6, 6.07) is 8.84. The molecule has 3 heterocycles. The van der Waals surface area contributed by atoms with Gasteiger partial charge in [0.25, 0.3) is 0 Å². The predicted octanol–water partition coefficient (Wildman–Crippen LogP) is 3.04. The maximum atomic E-state index is 6.28. The Kier molecular flexibility index (Phi) is 3.99. The Morgan fingerprint density at radius 1 is 1.04 bits per heavy atom. The molecule has 4 nitrogen and oxygen atoms in total. The molecule has 1 aromatic rings. The summed E-state index contributed by atoms with van der Waals surface area (Å²) < 4.78 is 18.5. The van der Waals surface area contributed by atoms with Crippen LogP contribution in [-0.2, 0) is 9.31 Å². The molecular weight excluding hydrogens is 313 g/mol. The number of hydrogen-bond acceptors (Lipinski definition) is 4. The van der Waals surface area contributed by atoms with Crippen molar-refractivity contribution in [3.05, 3.63) is 24.3 Å². The molecule has 3 aliphatic rings. The van der Waals surface area contributed by atoms with E-state index in [0.29, 0.717) is 12.1 Å². The fraction of sp³-hybridized carbons (Fsp3) is 0.700. The van der Waals surface area contributed by atoms with Crippen LogP contribution in [0.4, 0.5) is 0 Å². The van der Waals surface area contributed by atoms with Crippen LogP contribution in [0.1, 0.15) is 60.3 Å². The molecule has 0 aromatic heterocycles. The van der Waals surface area contributed by atoms with Crippen molar-refractivity contribution in [3.63, 3.8) is 0 Å².